The van der Waals surface area contributed by atoms with E-state index in [0.29, 0.717) is 0 Å². The Morgan fingerprint density at radius 1 is 1.33 bits per heavy atom. The van der Waals surface area contributed by atoms with E-state index in [1.165, 1.54) is 0 Å². The summed E-state index contributed by atoms with van der Waals surface area (Å²) in [5.41, 5.74) is -0.209. The Labute approximate surface area is 126 Å². The quantitative estimate of drug-likeness (QED) is 0.624. The van der Waals surface area contributed by atoms with Crippen molar-refractivity contribution in [2.45, 2.75) is 36.7 Å². The lowest BCUT2D eigenvalue weighted by atomic mass is 10.2. The van der Waals surface area contributed by atoms with Crippen LogP contribution >= 0.6 is 10.7 Å². The minimum absolute atomic E-state index is 0.209. The van der Waals surface area contributed by atoms with Crippen LogP contribution in [0, 0.1) is 5.82 Å². The lowest BCUT2D eigenvalue weighted by Gasteiger charge is -2.13. The van der Waals surface area contributed by atoms with Gasteiger partial charge in [-0.25, -0.2) is 17.6 Å². The van der Waals surface area contributed by atoms with Crippen LogP contribution in [0.4, 0.5) is 4.39 Å². The molecule has 116 valence electrons. The summed E-state index contributed by atoms with van der Waals surface area (Å²) >= 11 is 0. The summed E-state index contributed by atoms with van der Waals surface area (Å²) in [5.74, 6) is -2.29. The molecule has 1 aliphatic carbocycles. The van der Waals surface area contributed by atoms with Crippen molar-refractivity contribution in [3.8, 4) is 5.75 Å². The van der Waals surface area contributed by atoms with Gasteiger partial charge in [-0.05, 0) is 37.8 Å². The van der Waals surface area contributed by atoms with Gasteiger partial charge in [-0.2, -0.15) is 0 Å². The van der Waals surface area contributed by atoms with Crippen LogP contribution in [0.25, 0.3) is 0 Å². The van der Waals surface area contributed by atoms with Crippen LogP contribution in [0.2, 0.25) is 0 Å². The fourth-order valence-corrected chi connectivity index (χ4v) is 3.30. The normalized spacial score (nSPS) is 16.0. The molecule has 1 aromatic carbocycles. The number of hydrogen-bond donors (Lipinski definition) is 0. The van der Waals surface area contributed by atoms with Crippen molar-refractivity contribution in [3.63, 3.8) is 0 Å². The molecule has 2 rings (SSSR count). The standard InChI is InChI=1S/C13H14ClFO5S/c1-19-12-10(15)6-8(7-11(12)21(14,17)18)13(16)20-9-4-2-3-5-9/h6-7,9H,2-5H2,1H3. The van der Waals surface area contributed by atoms with Gasteiger partial charge in [0, 0.05) is 10.7 Å². The average molecular weight is 337 g/mol. The zero-order valence-electron chi connectivity index (χ0n) is 11.3. The highest BCUT2D eigenvalue weighted by Gasteiger charge is 2.26. The number of ether oxygens (including phenoxy) is 2. The lowest BCUT2D eigenvalue weighted by molar-refractivity contribution is 0.0317. The van der Waals surface area contributed by atoms with E-state index in [1.54, 1.807) is 0 Å². The summed E-state index contributed by atoms with van der Waals surface area (Å²) in [6.45, 7) is 0. The molecule has 1 aliphatic rings. The first kappa shape index (κ1) is 16.0. The number of rotatable bonds is 4. The van der Waals surface area contributed by atoms with E-state index in [9.17, 15) is 17.6 Å². The van der Waals surface area contributed by atoms with Crippen molar-refractivity contribution in [3.05, 3.63) is 23.5 Å². The summed E-state index contributed by atoms with van der Waals surface area (Å²) in [7, 11) is 2.09. The van der Waals surface area contributed by atoms with E-state index in [4.69, 9.17) is 15.4 Å². The smallest absolute Gasteiger partial charge is 0.338 e. The Bertz CT molecular complexity index is 653. The molecule has 0 radical (unpaired) electrons. The molecule has 0 atom stereocenters. The molecule has 1 fully saturated rings. The van der Waals surface area contributed by atoms with E-state index in [2.05, 4.69) is 4.74 Å². The zero-order valence-corrected chi connectivity index (χ0v) is 12.8. The van der Waals surface area contributed by atoms with Crippen molar-refractivity contribution < 1.29 is 27.1 Å². The van der Waals surface area contributed by atoms with Crippen LogP contribution in [-0.2, 0) is 13.8 Å². The number of carbonyl (C=O) groups is 1. The Morgan fingerprint density at radius 3 is 2.48 bits per heavy atom. The van der Waals surface area contributed by atoms with Crippen molar-refractivity contribution in [2.75, 3.05) is 7.11 Å². The molecule has 0 aromatic heterocycles. The molecule has 0 spiro atoms. The second kappa shape index (κ2) is 6.19. The fourth-order valence-electron chi connectivity index (χ4n) is 2.29. The molecule has 0 unspecified atom stereocenters. The van der Waals surface area contributed by atoms with Gasteiger partial charge in [0.25, 0.3) is 9.05 Å². The van der Waals surface area contributed by atoms with Crippen molar-refractivity contribution in [1.29, 1.82) is 0 Å². The molecule has 0 aliphatic heterocycles. The molecule has 1 saturated carbocycles. The molecular weight excluding hydrogens is 323 g/mol. The highest BCUT2D eigenvalue weighted by molar-refractivity contribution is 8.13. The van der Waals surface area contributed by atoms with E-state index >= 15 is 0 Å². The SMILES string of the molecule is COc1c(F)cc(C(=O)OC2CCCC2)cc1S(=O)(=O)Cl. The van der Waals surface area contributed by atoms with Gasteiger partial charge in [-0.1, -0.05) is 0 Å². The minimum atomic E-state index is -4.25. The third-order valence-corrected chi connectivity index (χ3v) is 4.62. The van der Waals surface area contributed by atoms with Gasteiger partial charge in [0.1, 0.15) is 11.0 Å². The Hall–Kier alpha value is -1.34. The van der Waals surface area contributed by atoms with Crippen LogP contribution < -0.4 is 4.74 Å². The molecule has 1 aromatic rings. The monoisotopic (exact) mass is 336 g/mol. The molecule has 0 N–H and O–H groups in total. The topological polar surface area (TPSA) is 69.7 Å². The third kappa shape index (κ3) is 3.65. The summed E-state index contributed by atoms with van der Waals surface area (Å²) in [4.78, 5) is 11.4. The van der Waals surface area contributed by atoms with Gasteiger partial charge in [-0.15, -0.1) is 0 Å². The van der Waals surface area contributed by atoms with E-state index < -0.39 is 31.5 Å². The number of benzene rings is 1. The predicted octanol–water partition coefficient (Wildman–Crippen LogP) is 2.86. The first-order valence-electron chi connectivity index (χ1n) is 6.36. The largest absolute Gasteiger partial charge is 0.492 e. The van der Waals surface area contributed by atoms with Gasteiger partial charge in [0.2, 0.25) is 0 Å². The first-order chi connectivity index (χ1) is 9.82. The van der Waals surface area contributed by atoms with Crippen LogP contribution in [0.3, 0.4) is 0 Å². The molecular formula is C13H14ClFO5S. The van der Waals surface area contributed by atoms with Gasteiger partial charge in [0.05, 0.1) is 12.7 Å². The van der Waals surface area contributed by atoms with Crippen LogP contribution in [0.1, 0.15) is 36.0 Å². The van der Waals surface area contributed by atoms with Crippen molar-refractivity contribution in [1.82, 2.24) is 0 Å². The second-order valence-corrected chi connectivity index (χ2v) is 7.27. The second-order valence-electron chi connectivity index (χ2n) is 4.74. The molecule has 5 nitrogen and oxygen atoms in total. The maximum atomic E-state index is 13.9. The maximum Gasteiger partial charge on any atom is 0.338 e. The van der Waals surface area contributed by atoms with Crippen molar-refractivity contribution >= 4 is 25.7 Å². The predicted molar refractivity (Wildman–Crippen MR) is 73.7 cm³/mol. The lowest BCUT2D eigenvalue weighted by Crippen LogP contribution is -2.15. The Kier molecular flexibility index (Phi) is 4.73. The van der Waals surface area contributed by atoms with Crippen LogP contribution in [0.5, 0.6) is 5.75 Å². The summed E-state index contributed by atoms with van der Waals surface area (Å²) in [5, 5.41) is 0. The highest BCUT2D eigenvalue weighted by Crippen LogP contribution is 2.31. The van der Waals surface area contributed by atoms with Crippen LogP contribution in [-0.4, -0.2) is 27.6 Å². The molecule has 21 heavy (non-hydrogen) atoms. The number of methoxy groups -OCH3 is 1. The molecule has 0 bridgehead atoms. The minimum Gasteiger partial charge on any atom is -0.492 e. The molecule has 0 saturated heterocycles. The molecule has 8 heteroatoms. The van der Waals surface area contributed by atoms with Crippen molar-refractivity contribution in [2.24, 2.45) is 0 Å². The van der Waals surface area contributed by atoms with E-state index in [0.717, 1.165) is 44.9 Å². The van der Waals surface area contributed by atoms with Gasteiger partial charge < -0.3 is 9.47 Å². The Morgan fingerprint density at radius 2 is 1.95 bits per heavy atom. The molecule has 0 amide bonds. The number of esters is 1. The molecule has 0 heterocycles. The fraction of sp³-hybridized carbons (Fsp3) is 0.462. The first-order valence-corrected chi connectivity index (χ1v) is 8.67. The number of halogens is 2. The highest BCUT2D eigenvalue weighted by atomic mass is 35.7. The number of carbonyl (C=O) groups excluding carboxylic acids is 1. The third-order valence-electron chi connectivity index (χ3n) is 3.29. The van der Waals surface area contributed by atoms with E-state index in [1.807, 2.05) is 0 Å². The average Bonchev–Trinajstić information content (AvgIpc) is 2.89. The van der Waals surface area contributed by atoms with Gasteiger partial charge in [-0.3, -0.25) is 0 Å². The summed E-state index contributed by atoms with van der Waals surface area (Å²) in [6, 6.07) is 1.84. The van der Waals surface area contributed by atoms with Gasteiger partial charge >= 0.3 is 5.97 Å². The summed E-state index contributed by atoms with van der Waals surface area (Å²) < 4.78 is 46.7. The Balaban J connectivity index is 2.36. The van der Waals surface area contributed by atoms with Crippen LogP contribution in [0.15, 0.2) is 17.0 Å². The van der Waals surface area contributed by atoms with E-state index in [-0.39, 0.29) is 11.7 Å². The van der Waals surface area contributed by atoms with Gasteiger partial charge in [0.15, 0.2) is 11.6 Å². The summed E-state index contributed by atoms with van der Waals surface area (Å²) in [6.07, 6.45) is 3.24. The zero-order chi connectivity index (χ0) is 15.6. The maximum absolute atomic E-state index is 13.9. The number of hydrogen-bond acceptors (Lipinski definition) is 5.